The normalized spacial score (nSPS) is 17.1. The van der Waals surface area contributed by atoms with E-state index in [1.165, 1.54) is 16.7 Å². The first-order chi connectivity index (χ1) is 15.6. The largest absolute Gasteiger partial charge is 0.378 e. The molecule has 1 aliphatic heterocycles. The number of nitrogens with zero attached hydrogens (tertiary/aromatic N) is 7. The third-order valence-corrected chi connectivity index (χ3v) is 5.74. The van der Waals surface area contributed by atoms with E-state index in [0.717, 1.165) is 31.4 Å². The Bertz CT molecular complexity index is 1090. The zero-order valence-electron chi connectivity index (χ0n) is 18.2. The molecular weight excluding hydrogens is 410 g/mol. The van der Waals surface area contributed by atoms with E-state index in [1.807, 2.05) is 24.3 Å². The number of piperidine rings is 1. The van der Waals surface area contributed by atoms with Crippen LogP contribution < -0.4 is 11.2 Å². The van der Waals surface area contributed by atoms with Crippen LogP contribution in [-0.2, 0) is 13.0 Å². The minimum Gasteiger partial charge on any atom is -0.378 e. The van der Waals surface area contributed by atoms with Crippen LogP contribution in [0.1, 0.15) is 60.4 Å². The van der Waals surface area contributed by atoms with Crippen molar-refractivity contribution in [1.82, 2.24) is 35.6 Å². The molecule has 0 bridgehead atoms. The van der Waals surface area contributed by atoms with Gasteiger partial charge in [0.15, 0.2) is 5.69 Å². The van der Waals surface area contributed by atoms with Crippen LogP contribution in [0.5, 0.6) is 0 Å². The van der Waals surface area contributed by atoms with Crippen molar-refractivity contribution in [2.75, 3.05) is 12.3 Å². The van der Waals surface area contributed by atoms with Crippen molar-refractivity contribution in [1.29, 1.82) is 0 Å². The van der Waals surface area contributed by atoms with Crippen molar-refractivity contribution in [3.8, 4) is 5.82 Å². The van der Waals surface area contributed by atoms with Crippen LogP contribution >= 0.6 is 0 Å². The molecule has 1 atom stereocenters. The topological polar surface area (TPSA) is 140 Å². The number of aromatic nitrogens is 5. The van der Waals surface area contributed by atoms with E-state index in [2.05, 4.69) is 49.9 Å². The maximum absolute atomic E-state index is 12.9. The number of nitrogen functional groups attached to an aromatic ring is 1. The molecule has 11 heteroatoms. The number of carbonyl (C=O) groups is 1. The first-order valence-corrected chi connectivity index (χ1v) is 10.8. The number of hydrogen-bond donors (Lipinski definition) is 2. The van der Waals surface area contributed by atoms with Crippen molar-refractivity contribution in [3.63, 3.8) is 0 Å². The molecule has 4 rings (SSSR count). The summed E-state index contributed by atoms with van der Waals surface area (Å²) in [5.41, 5.74) is 11.2. The van der Waals surface area contributed by atoms with Gasteiger partial charge >= 0.3 is 0 Å². The van der Waals surface area contributed by atoms with Gasteiger partial charge in [0.25, 0.3) is 5.91 Å². The summed E-state index contributed by atoms with van der Waals surface area (Å²) in [6.45, 7) is 5.66. The molecule has 1 fully saturated rings. The van der Waals surface area contributed by atoms with Gasteiger partial charge in [0.05, 0.1) is 11.9 Å². The minimum atomic E-state index is -0.465. The summed E-state index contributed by atoms with van der Waals surface area (Å²) in [6, 6.07) is 8.34. The fourth-order valence-corrected chi connectivity index (χ4v) is 3.77. The third-order valence-electron chi connectivity index (χ3n) is 5.74. The molecule has 1 unspecified atom stereocenters. The average Bonchev–Trinajstić information content (AvgIpc) is 3.41. The summed E-state index contributed by atoms with van der Waals surface area (Å²) in [5.74, 6) is -0.188. The van der Waals surface area contributed by atoms with Crippen LogP contribution in [0, 0.1) is 0 Å². The maximum Gasteiger partial charge on any atom is 0.293 e. The summed E-state index contributed by atoms with van der Waals surface area (Å²) in [6.07, 6.45) is 5.94. The Kier molecular flexibility index (Phi) is 6.55. The number of aryl methyl sites for hydroxylation is 1. The van der Waals surface area contributed by atoms with Gasteiger partial charge < -0.3 is 5.73 Å². The Hall–Kier alpha value is -3.60. The predicted molar refractivity (Wildman–Crippen MR) is 118 cm³/mol. The number of hydrogen-bond acceptors (Lipinski definition) is 9. The fraction of sp³-hybridized carbons (Fsp3) is 0.429. The summed E-state index contributed by atoms with van der Waals surface area (Å²) in [5, 5.41) is 19.7. The molecule has 1 aliphatic rings. The smallest absolute Gasteiger partial charge is 0.293 e. The molecule has 2 aromatic heterocycles. The standard InChI is InChI=1S/C21H27N9O2/c1-3-15-7-9-16(10-8-15)12-23-25-21(31)18-17(13-29-11-5-4-6-14(29)2)30(28-24-18)20-19(22)26-32-27-20/h7-10,12,14H,3-6,11,13H2,1-2H3,(H2,22,26)(H,25,31). The highest BCUT2D eigenvalue weighted by Crippen LogP contribution is 2.22. The lowest BCUT2D eigenvalue weighted by molar-refractivity contribution is 0.0945. The quantitative estimate of drug-likeness (QED) is 0.422. The maximum atomic E-state index is 12.9. The van der Waals surface area contributed by atoms with Crippen LogP contribution in [0.25, 0.3) is 5.82 Å². The van der Waals surface area contributed by atoms with E-state index in [9.17, 15) is 4.79 Å². The Morgan fingerprint density at radius 1 is 1.31 bits per heavy atom. The SMILES string of the molecule is CCc1ccc(C=NNC(=O)c2nnn(-c3nonc3N)c2CN2CCCCC2C)cc1. The molecule has 3 N–H and O–H groups in total. The van der Waals surface area contributed by atoms with Crippen LogP contribution in [0.3, 0.4) is 0 Å². The Balaban J connectivity index is 1.56. The second-order valence-electron chi connectivity index (χ2n) is 7.88. The molecule has 0 radical (unpaired) electrons. The van der Waals surface area contributed by atoms with Crippen molar-refractivity contribution in [2.24, 2.45) is 5.10 Å². The monoisotopic (exact) mass is 437 g/mol. The van der Waals surface area contributed by atoms with Gasteiger partial charge in [0.2, 0.25) is 11.6 Å². The van der Waals surface area contributed by atoms with E-state index in [4.69, 9.17) is 10.4 Å². The molecule has 0 spiro atoms. The number of carbonyl (C=O) groups excluding carboxylic acids is 1. The number of rotatable bonds is 7. The lowest BCUT2D eigenvalue weighted by Gasteiger charge is -2.33. The van der Waals surface area contributed by atoms with Gasteiger partial charge in [-0.15, -0.1) is 5.10 Å². The van der Waals surface area contributed by atoms with Gasteiger partial charge in [-0.2, -0.15) is 9.78 Å². The van der Waals surface area contributed by atoms with E-state index in [0.29, 0.717) is 18.3 Å². The van der Waals surface area contributed by atoms with Gasteiger partial charge in [-0.3, -0.25) is 9.69 Å². The van der Waals surface area contributed by atoms with Crippen LogP contribution in [0.4, 0.5) is 5.82 Å². The number of amides is 1. The number of anilines is 1. The van der Waals surface area contributed by atoms with Crippen molar-refractivity contribution < 1.29 is 9.42 Å². The highest BCUT2D eigenvalue weighted by molar-refractivity contribution is 5.94. The van der Waals surface area contributed by atoms with Gasteiger partial charge in [-0.05, 0) is 54.2 Å². The van der Waals surface area contributed by atoms with Crippen LogP contribution in [0.15, 0.2) is 34.0 Å². The second-order valence-corrected chi connectivity index (χ2v) is 7.88. The Morgan fingerprint density at radius 3 is 2.81 bits per heavy atom. The average molecular weight is 438 g/mol. The molecule has 11 nitrogen and oxygen atoms in total. The van der Waals surface area contributed by atoms with E-state index < -0.39 is 5.91 Å². The zero-order chi connectivity index (χ0) is 22.5. The molecule has 1 saturated heterocycles. The highest BCUT2D eigenvalue weighted by atomic mass is 16.6. The predicted octanol–water partition coefficient (Wildman–Crippen LogP) is 1.93. The first kappa shape index (κ1) is 21.6. The summed E-state index contributed by atoms with van der Waals surface area (Å²) in [7, 11) is 0. The molecule has 168 valence electrons. The summed E-state index contributed by atoms with van der Waals surface area (Å²) in [4.78, 5) is 15.2. The van der Waals surface area contributed by atoms with Crippen LogP contribution in [0.2, 0.25) is 0 Å². The van der Waals surface area contributed by atoms with E-state index in [1.54, 1.807) is 6.21 Å². The number of likely N-dealkylation sites (tertiary alicyclic amines) is 1. The van der Waals surface area contributed by atoms with E-state index >= 15 is 0 Å². The Labute approximate surface area is 185 Å². The summed E-state index contributed by atoms with van der Waals surface area (Å²) < 4.78 is 6.13. The highest BCUT2D eigenvalue weighted by Gasteiger charge is 2.27. The number of nitrogens with two attached hydrogens (primary N) is 1. The van der Waals surface area contributed by atoms with Crippen molar-refractivity contribution in [3.05, 3.63) is 46.8 Å². The second kappa shape index (κ2) is 9.69. The minimum absolute atomic E-state index is 0.0725. The fourth-order valence-electron chi connectivity index (χ4n) is 3.77. The van der Waals surface area contributed by atoms with Gasteiger partial charge in [0, 0.05) is 12.6 Å². The summed E-state index contributed by atoms with van der Waals surface area (Å²) >= 11 is 0. The molecule has 3 heterocycles. The lowest BCUT2D eigenvalue weighted by atomic mass is 10.0. The number of nitrogens with one attached hydrogen (secondary N) is 1. The molecule has 1 amide bonds. The van der Waals surface area contributed by atoms with Crippen molar-refractivity contribution >= 4 is 17.9 Å². The number of benzene rings is 1. The van der Waals surface area contributed by atoms with Gasteiger partial charge in [-0.25, -0.2) is 10.1 Å². The zero-order valence-corrected chi connectivity index (χ0v) is 18.2. The Morgan fingerprint density at radius 2 is 2.12 bits per heavy atom. The molecule has 0 aliphatic carbocycles. The molecule has 32 heavy (non-hydrogen) atoms. The third kappa shape index (κ3) is 4.67. The molecular formula is C21H27N9O2. The molecule has 1 aromatic carbocycles. The van der Waals surface area contributed by atoms with Crippen molar-refractivity contribution in [2.45, 2.75) is 52.1 Å². The molecule has 0 saturated carbocycles. The van der Waals surface area contributed by atoms with Gasteiger partial charge in [0.1, 0.15) is 0 Å². The van der Waals surface area contributed by atoms with Crippen LogP contribution in [-0.4, -0.2) is 54.9 Å². The molecule has 3 aromatic rings. The van der Waals surface area contributed by atoms with E-state index in [-0.39, 0.29) is 17.3 Å². The first-order valence-electron chi connectivity index (χ1n) is 10.8. The van der Waals surface area contributed by atoms with Gasteiger partial charge in [-0.1, -0.05) is 42.8 Å². The number of hydrazone groups is 1. The lowest BCUT2D eigenvalue weighted by Crippen LogP contribution is -2.38.